The fourth-order valence-corrected chi connectivity index (χ4v) is 10.2. The Kier molecular flexibility index (Phi) is 9.05. The molecule has 0 fully saturated rings. The van der Waals surface area contributed by atoms with Crippen molar-refractivity contribution in [3.05, 3.63) is 246 Å². The normalized spacial score (nSPS) is 12.7. The summed E-state index contributed by atoms with van der Waals surface area (Å²) in [6, 6.07) is 73.5. The molecule has 0 aliphatic heterocycles. The van der Waals surface area contributed by atoms with Gasteiger partial charge in [-0.2, -0.15) is 0 Å². The molecule has 9 aromatic rings. The number of anilines is 3. The monoisotopic (exact) mass is 759 g/mol. The quantitative estimate of drug-likeness (QED) is 0.142. The zero-order valence-corrected chi connectivity index (χ0v) is 33.2. The highest BCUT2D eigenvalue weighted by Gasteiger charge is 2.47. The Bertz CT molecular complexity index is 2900. The van der Waals surface area contributed by atoms with Gasteiger partial charge in [0.15, 0.2) is 0 Å². The molecular weight excluding hydrogens is 719 g/mol. The Labute approximate surface area is 345 Å². The highest BCUT2D eigenvalue weighted by molar-refractivity contribution is 7.20. The molecule has 0 N–H and O–H groups in total. The van der Waals surface area contributed by atoms with Gasteiger partial charge in [0.2, 0.25) is 0 Å². The summed E-state index contributed by atoms with van der Waals surface area (Å²) in [4.78, 5) is 3.65. The summed E-state index contributed by atoms with van der Waals surface area (Å²) < 4.78 is 1.27. The van der Waals surface area contributed by atoms with E-state index in [4.69, 9.17) is 0 Å². The molecule has 1 aromatic heterocycles. The van der Waals surface area contributed by atoms with E-state index in [1.54, 1.807) is 11.3 Å². The van der Waals surface area contributed by atoms with Crippen LogP contribution in [0.1, 0.15) is 39.6 Å². The lowest BCUT2D eigenvalue weighted by molar-refractivity contribution is 0.768. The van der Waals surface area contributed by atoms with E-state index >= 15 is 0 Å². The number of fused-ring (bicyclic) bond motifs is 4. The van der Waals surface area contributed by atoms with E-state index in [9.17, 15) is 0 Å². The molecule has 0 atom stereocenters. The molecule has 1 nitrogen and oxygen atoms in total. The summed E-state index contributed by atoms with van der Waals surface area (Å²) >= 11 is 1.79. The van der Waals surface area contributed by atoms with E-state index < -0.39 is 5.41 Å². The number of nitrogens with zero attached hydrogens (tertiary/aromatic N) is 1. The summed E-state index contributed by atoms with van der Waals surface area (Å²) in [6.07, 6.45) is 6.28. The topological polar surface area (TPSA) is 3.24 Å². The molecule has 276 valence electrons. The van der Waals surface area contributed by atoms with E-state index in [1.807, 2.05) is 6.08 Å². The van der Waals surface area contributed by atoms with Gasteiger partial charge in [-0.1, -0.05) is 183 Å². The molecule has 0 spiro atoms. The van der Waals surface area contributed by atoms with Crippen molar-refractivity contribution in [3.8, 4) is 33.4 Å². The Morgan fingerprint density at radius 2 is 1.05 bits per heavy atom. The van der Waals surface area contributed by atoms with Gasteiger partial charge < -0.3 is 4.90 Å². The number of hydrogen-bond acceptors (Lipinski definition) is 2. The van der Waals surface area contributed by atoms with Gasteiger partial charge >= 0.3 is 0 Å². The van der Waals surface area contributed by atoms with Gasteiger partial charge in [-0.3, -0.25) is 0 Å². The minimum Gasteiger partial charge on any atom is -0.310 e. The largest absolute Gasteiger partial charge is 0.310 e. The third kappa shape index (κ3) is 5.76. The molecule has 0 unspecified atom stereocenters. The lowest BCUT2D eigenvalue weighted by Gasteiger charge is -2.34. The van der Waals surface area contributed by atoms with Crippen LogP contribution in [0.15, 0.2) is 213 Å². The van der Waals surface area contributed by atoms with Crippen LogP contribution in [0.2, 0.25) is 0 Å². The third-order valence-electron chi connectivity index (χ3n) is 11.7. The van der Waals surface area contributed by atoms with Gasteiger partial charge in [0.05, 0.1) is 11.1 Å². The Morgan fingerprint density at radius 1 is 0.517 bits per heavy atom. The number of hydrogen-bond donors (Lipinski definition) is 0. The highest BCUT2D eigenvalue weighted by Crippen LogP contribution is 2.59. The fraction of sp³-hybridized carbons (Fsp3) is 0.0357. The molecule has 0 amide bonds. The predicted octanol–water partition coefficient (Wildman–Crippen LogP) is 15.7. The second-order valence-electron chi connectivity index (χ2n) is 14.8. The van der Waals surface area contributed by atoms with Gasteiger partial charge in [0, 0.05) is 31.9 Å². The Balaban J connectivity index is 1.17. The molecule has 0 radical (unpaired) electrons. The maximum atomic E-state index is 4.09. The highest BCUT2D eigenvalue weighted by atomic mass is 32.1. The summed E-state index contributed by atoms with van der Waals surface area (Å²) in [7, 11) is 0. The SMILES string of the molecule is C=Cc1sc2ccc(-c3ccc(N(c4ccc(-c5ccccc5)cc4)c4cccc5c4-c4ccccc4C5(c4ccccc4)c4ccccc4)cc3)cc2c1/C=C\C. The van der Waals surface area contributed by atoms with Gasteiger partial charge in [0.25, 0.3) is 0 Å². The molecule has 58 heavy (non-hydrogen) atoms. The van der Waals surface area contributed by atoms with E-state index in [0.29, 0.717) is 0 Å². The Hall–Kier alpha value is -7.00. The van der Waals surface area contributed by atoms with Gasteiger partial charge in [-0.25, -0.2) is 0 Å². The molecule has 0 saturated carbocycles. The van der Waals surface area contributed by atoms with Crippen molar-refractivity contribution >= 4 is 50.6 Å². The van der Waals surface area contributed by atoms with Crippen molar-refractivity contribution in [2.24, 2.45) is 0 Å². The average molecular weight is 760 g/mol. The van der Waals surface area contributed by atoms with Crippen LogP contribution >= 0.6 is 11.3 Å². The second-order valence-corrected chi connectivity index (χ2v) is 15.9. The van der Waals surface area contributed by atoms with Crippen molar-refractivity contribution in [1.82, 2.24) is 0 Å². The van der Waals surface area contributed by atoms with E-state index in [-0.39, 0.29) is 0 Å². The third-order valence-corrected chi connectivity index (χ3v) is 12.8. The van der Waals surface area contributed by atoms with Gasteiger partial charge in [-0.15, -0.1) is 11.3 Å². The van der Waals surface area contributed by atoms with E-state index in [1.165, 1.54) is 76.2 Å². The molecule has 1 heterocycles. The molecule has 1 aliphatic carbocycles. The van der Waals surface area contributed by atoms with Crippen LogP contribution in [-0.4, -0.2) is 0 Å². The zero-order chi connectivity index (χ0) is 39.1. The summed E-state index contributed by atoms with van der Waals surface area (Å²) in [5, 5.41) is 1.26. The molecule has 8 aromatic carbocycles. The van der Waals surface area contributed by atoms with Crippen LogP contribution in [0.5, 0.6) is 0 Å². The smallest absolute Gasteiger partial charge is 0.0714 e. The number of benzene rings is 8. The Morgan fingerprint density at radius 3 is 1.67 bits per heavy atom. The zero-order valence-electron chi connectivity index (χ0n) is 32.3. The van der Waals surface area contributed by atoms with E-state index in [2.05, 4.69) is 231 Å². The van der Waals surface area contributed by atoms with Crippen molar-refractivity contribution < 1.29 is 0 Å². The maximum Gasteiger partial charge on any atom is 0.0714 e. The van der Waals surface area contributed by atoms with Crippen LogP contribution in [0.4, 0.5) is 17.1 Å². The minimum atomic E-state index is -0.491. The first-order valence-electron chi connectivity index (χ1n) is 19.9. The minimum absolute atomic E-state index is 0.491. The molecule has 2 heteroatoms. The predicted molar refractivity (Wildman–Crippen MR) is 249 cm³/mol. The first-order valence-corrected chi connectivity index (χ1v) is 20.7. The first kappa shape index (κ1) is 35.4. The van der Waals surface area contributed by atoms with Crippen molar-refractivity contribution in [3.63, 3.8) is 0 Å². The lowest BCUT2D eigenvalue weighted by atomic mass is 9.68. The van der Waals surface area contributed by atoms with Crippen LogP contribution in [-0.2, 0) is 5.41 Å². The first-order chi connectivity index (χ1) is 28.7. The van der Waals surface area contributed by atoms with Crippen molar-refractivity contribution in [2.75, 3.05) is 4.90 Å². The fourth-order valence-electron chi connectivity index (χ4n) is 9.13. The van der Waals surface area contributed by atoms with Crippen molar-refractivity contribution in [2.45, 2.75) is 12.3 Å². The lowest BCUT2D eigenvalue weighted by Crippen LogP contribution is -2.28. The molecule has 10 rings (SSSR count). The molecule has 1 aliphatic rings. The molecule has 0 bridgehead atoms. The van der Waals surface area contributed by atoms with Gasteiger partial charge in [-0.05, 0) is 105 Å². The number of thiophene rings is 1. The standard InChI is InChI=1S/C56H41NS/c1-3-17-47-49-38-42(32-37-54(49)58-53(47)4-2)41-30-35-46(36-31-41)57(45-33-28-40(29-34-45)39-18-8-5-9-19-39)52-27-16-26-51-55(52)48-24-14-15-25-50(48)56(51,43-20-10-6-11-21-43)44-22-12-7-13-23-44/h3-38H,2H2,1H3/b17-3-. The number of rotatable bonds is 9. The average Bonchev–Trinajstić information content (AvgIpc) is 3.81. The molecular formula is C56H41NS. The van der Waals surface area contributed by atoms with Crippen LogP contribution in [0.3, 0.4) is 0 Å². The second kappa shape index (κ2) is 14.8. The van der Waals surface area contributed by atoms with E-state index in [0.717, 1.165) is 17.1 Å². The van der Waals surface area contributed by atoms with Gasteiger partial charge in [0.1, 0.15) is 0 Å². The van der Waals surface area contributed by atoms with Crippen LogP contribution in [0.25, 0.3) is 55.6 Å². The molecule has 0 saturated heterocycles. The summed E-state index contributed by atoms with van der Waals surface area (Å²) in [6.45, 7) is 6.16. The summed E-state index contributed by atoms with van der Waals surface area (Å²) in [5.74, 6) is 0. The summed E-state index contributed by atoms with van der Waals surface area (Å²) in [5.41, 5.74) is 16.5. The maximum absolute atomic E-state index is 4.09. The number of allylic oxidation sites excluding steroid dienone is 1. The van der Waals surface area contributed by atoms with Crippen LogP contribution in [0, 0.1) is 0 Å². The van der Waals surface area contributed by atoms with Crippen LogP contribution < -0.4 is 4.90 Å². The van der Waals surface area contributed by atoms with Crippen molar-refractivity contribution in [1.29, 1.82) is 0 Å².